The molecule has 2 rings (SSSR count). The van der Waals surface area contributed by atoms with E-state index in [0.717, 1.165) is 16.3 Å². The van der Waals surface area contributed by atoms with Crippen LogP contribution in [0.4, 0.5) is 10.5 Å². The first-order valence-electron chi connectivity index (χ1n) is 7.58. The number of thiazole rings is 1. The number of carbonyl (C=O) groups is 2. The third kappa shape index (κ3) is 4.55. The molecule has 1 aromatic heterocycles. The molecule has 0 spiro atoms. The van der Waals surface area contributed by atoms with Crippen molar-refractivity contribution >= 4 is 29.0 Å². The first-order chi connectivity index (χ1) is 11.2. The van der Waals surface area contributed by atoms with Gasteiger partial charge < -0.3 is 16.4 Å². The number of primary amides is 1. The Labute approximate surface area is 145 Å². The monoisotopic (exact) mass is 346 g/mol. The third-order valence-electron chi connectivity index (χ3n) is 3.32. The van der Waals surface area contributed by atoms with Crippen molar-refractivity contribution < 1.29 is 9.59 Å². The van der Waals surface area contributed by atoms with E-state index in [1.807, 2.05) is 19.1 Å². The van der Waals surface area contributed by atoms with Crippen molar-refractivity contribution in [2.24, 2.45) is 5.73 Å². The highest BCUT2D eigenvalue weighted by atomic mass is 32.1. The summed E-state index contributed by atoms with van der Waals surface area (Å²) in [6.07, 6.45) is 0. The number of benzene rings is 1. The van der Waals surface area contributed by atoms with E-state index in [4.69, 9.17) is 5.73 Å². The number of urea groups is 1. The third-order valence-corrected chi connectivity index (χ3v) is 4.90. The lowest BCUT2D eigenvalue weighted by Gasteiger charge is -2.13. The van der Waals surface area contributed by atoms with Crippen LogP contribution in [0.2, 0.25) is 0 Å². The van der Waals surface area contributed by atoms with Crippen molar-refractivity contribution in [3.05, 3.63) is 45.4 Å². The van der Waals surface area contributed by atoms with Crippen molar-refractivity contribution in [3.8, 4) is 0 Å². The standard InChI is InChI=1S/C17H22N4O2S/c1-10-13(24-15(20-10)17(2,3)4)14(22)19-9-11-5-7-12(8-6-11)21-16(18)23/h5-8H,9H2,1-4H3,(H,19,22)(H3,18,21,23). The van der Waals surface area contributed by atoms with Crippen LogP contribution >= 0.6 is 11.3 Å². The average molecular weight is 346 g/mol. The molecule has 128 valence electrons. The molecule has 0 radical (unpaired) electrons. The van der Waals surface area contributed by atoms with Crippen LogP contribution in [0.5, 0.6) is 0 Å². The first-order valence-corrected chi connectivity index (χ1v) is 8.40. The molecule has 0 aliphatic heterocycles. The predicted octanol–water partition coefficient (Wildman–Crippen LogP) is 3.17. The van der Waals surface area contributed by atoms with Gasteiger partial charge in [0.05, 0.1) is 10.7 Å². The number of nitrogens with two attached hydrogens (primary N) is 1. The SMILES string of the molecule is Cc1nc(C(C)(C)C)sc1C(=O)NCc1ccc(NC(N)=O)cc1. The number of hydrogen-bond acceptors (Lipinski definition) is 4. The highest BCUT2D eigenvalue weighted by Crippen LogP contribution is 2.29. The molecule has 4 N–H and O–H groups in total. The number of nitrogens with zero attached hydrogens (tertiary/aromatic N) is 1. The zero-order valence-corrected chi connectivity index (χ0v) is 15.1. The van der Waals surface area contributed by atoms with Gasteiger partial charge in [-0.25, -0.2) is 9.78 Å². The van der Waals surface area contributed by atoms with Crippen LogP contribution in [0.1, 0.15) is 46.7 Å². The van der Waals surface area contributed by atoms with Gasteiger partial charge in [-0.2, -0.15) is 0 Å². The van der Waals surface area contributed by atoms with Crippen molar-refractivity contribution in [1.29, 1.82) is 0 Å². The molecule has 0 fully saturated rings. The summed E-state index contributed by atoms with van der Waals surface area (Å²) in [5, 5.41) is 6.34. The Hall–Kier alpha value is -2.41. The van der Waals surface area contributed by atoms with E-state index in [-0.39, 0.29) is 11.3 Å². The molecule has 6 nitrogen and oxygen atoms in total. The Bertz CT molecular complexity index is 745. The van der Waals surface area contributed by atoms with Crippen molar-refractivity contribution in [3.63, 3.8) is 0 Å². The summed E-state index contributed by atoms with van der Waals surface area (Å²) < 4.78 is 0. The Morgan fingerprint density at radius 1 is 1.21 bits per heavy atom. The molecule has 1 heterocycles. The second kappa shape index (κ2) is 7.00. The molecule has 0 unspecified atom stereocenters. The number of aryl methyl sites for hydroxylation is 1. The molecule has 0 saturated carbocycles. The first kappa shape index (κ1) is 17.9. The lowest BCUT2D eigenvalue weighted by molar-refractivity contribution is 0.0954. The maximum atomic E-state index is 12.4. The maximum absolute atomic E-state index is 12.4. The molecule has 0 aliphatic rings. The molecular formula is C17H22N4O2S. The van der Waals surface area contributed by atoms with Gasteiger partial charge in [-0.3, -0.25) is 4.79 Å². The number of carbonyl (C=O) groups excluding carboxylic acids is 2. The second-order valence-corrected chi connectivity index (χ2v) is 7.55. The van der Waals surface area contributed by atoms with Crippen LogP contribution in [0.25, 0.3) is 0 Å². The van der Waals surface area contributed by atoms with E-state index in [2.05, 4.69) is 36.4 Å². The van der Waals surface area contributed by atoms with Crippen molar-refractivity contribution in [2.45, 2.75) is 39.7 Å². The number of rotatable bonds is 4. The molecule has 3 amide bonds. The number of amides is 3. The van der Waals surface area contributed by atoms with Gasteiger partial charge in [0.15, 0.2) is 0 Å². The fraction of sp³-hybridized carbons (Fsp3) is 0.353. The largest absolute Gasteiger partial charge is 0.351 e. The fourth-order valence-electron chi connectivity index (χ4n) is 2.04. The van der Waals surface area contributed by atoms with E-state index in [1.165, 1.54) is 11.3 Å². The van der Waals surface area contributed by atoms with Gasteiger partial charge in [0.1, 0.15) is 4.88 Å². The van der Waals surface area contributed by atoms with E-state index in [9.17, 15) is 9.59 Å². The van der Waals surface area contributed by atoms with Gasteiger partial charge in [-0.05, 0) is 24.6 Å². The van der Waals surface area contributed by atoms with E-state index in [0.29, 0.717) is 17.1 Å². The number of aromatic nitrogens is 1. The number of hydrogen-bond donors (Lipinski definition) is 3. The molecule has 0 atom stereocenters. The average Bonchev–Trinajstić information content (AvgIpc) is 2.88. The Kier molecular flexibility index (Phi) is 5.23. The lowest BCUT2D eigenvalue weighted by Crippen LogP contribution is -2.22. The van der Waals surface area contributed by atoms with Gasteiger partial charge in [0, 0.05) is 17.6 Å². The van der Waals surface area contributed by atoms with Crippen LogP contribution in [0.15, 0.2) is 24.3 Å². The number of nitrogens with one attached hydrogen (secondary N) is 2. The van der Waals surface area contributed by atoms with E-state index >= 15 is 0 Å². The van der Waals surface area contributed by atoms with Gasteiger partial charge in [0.25, 0.3) is 5.91 Å². The van der Waals surface area contributed by atoms with Crippen LogP contribution in [0.3, 0.4) is 0 Å². The smallest absolute Gasteiger partial charge is 0.316 e. The lowest BCUT2D eigenvalue weighted by atomic mass is 9.98. The van der Waals surface area contributed by atoms with Crippen LogP contribution < -0.4 is 16.4 Å². The number of anilines is 1. The Balaban J connectivity index is 2.00. The molecule has 24 heavy (non-hydrogen) atoms. The quantitative estimate of drug-likeness (QED) is 0.793. The minimum absolute atomic E-state index is 0.0722. The summed E-state index contributed by atoms with van der Waals surface area (Å²) in [4.78, 5) is 28.3. The summed E-state index contributed by atoms with van der Waals surface area (Å²) in [5.41, 5.74) is 7.28. The molecular weight excluding hydrogens is 324 g/mol. The predicted molar refractivity (Wildman–Crippen MR) is 96.4 cm³/mol. The van der Waals surface area contributed by atoms with Gasteiger partial charge in [0.2, 0.25) is 0 Å². The van der Waals surface area contributed by atoms with Crippen LogP contribution in [-0.2, 0) is 12.0 Å². The Morgan fingerprint density at radius 3 is 2.33 bits per heavy atom. The molecule has 0 saturated heterocycles. The summed E-state index contributed by atoms with van der Waals surface area (Å²) in [6.45, 7) is 8.49. The minimum Gasteiger partial charge on any atom is -0.351 e. The zero-order chi connectivity index (χ0) is 17.9. The summed E-state index contributed by atoms with van der Waals surface area (Å²) in [7, 11) is 0. The topological polar surface area (TPSA) is 97.1 Å². The van der Waals surface area contributed by atoms with Gasteiger partial charge in [-0.15, -0.1) is 11.3 Å². The fourth-order valence-corrected chi connectivity index (χ4v) is 3.08. The highest BCUT2D eigenvalue weighted by molar-refractivity contribution is 7.14. The highest BCUT2D eigenvalue weighted by Gasteiger charge is 2.22. The molecule has 0 bridgehead atoms. The summed E-state index contributed by atoms with van der Waals surface area (Å²) in [6, 6.07) is 6.52. The molecule has 2 aromatic rings. The maximum Gasteiger partial charge on any atom is 0.316 e. The second-order valence-electron chi connectivity index (χ2n) is 6.55. The van der Waals surface area contributed by atoms with Crippen molar-refractivity contribution in [1.82, 2.24) is 10.3 Å². The van der Waals surface area contributed by atoms with Gasteiger partial charge >= 0.3 is 6.03 Å². The summed E-state index contributed by atoms with van der Waals surface area (Å²) in [5.74, 6) is -0.125. The summed E-state index contributed by atoms with van der Waals surface area (Å²) >= 11 is 1.43. The van der Waals surface area contributed by atoms with Crippen molar-refractivity contribution in [2.75, 3.05) is 5.32 Å². The van der Waals surface area contributed by atoms with Gasteiger partial charge in [-0.1, -0.05) is 32.9 Å². The van der Waals surface area contributed by atoms with Crippen LogP contribution in [-0.4, -0.2) is 16.9 Å². The van der Waals surface area contributed by atoms with E-state index in [1.54, 1.807) is 12.1 Å². The normalized spacial score (nSPS) is 11.2. The molecule has 7 heteroatoms. The van der Waals surface area contributed by atoms with Crippen LogP contribution in [0, 0.1) is 6.92 Å². The Morgan fingerprint density at radius 2 is 1.83 bits per heavy atom. The zero-order valence-electron chi connectivity index (χ0n) is 14.3. The minimum atomic E-state index is -0.605. The molecule has 1 aromatic carbocycles. The molecule has 0 aliphatic carbocycles. The van der Waals surface area contributed by atoms with E-state index < -0.39 is 6.03 Å².